The van der Waals surface area contributed by atoms with Crippen LogP contribution in [0.4, 0.5) is 5.82 Å². The van der Waals surface area contributed by atoms with Crippen LogP contribution < -0.4 is 9.64 Å². The van der Waals surface area contributed by atoms with Crippen LogP contribution in [0.1, 0.15) is 47.7 Å². The standard InChI is InChI=1S/C20H23N5O/c1-13-7-14(2)19(23-9-13)25-6-5-15(11-25)12-26-20-17(8-21)10-22-18(24-20)16-3-4-16/h7,9-10,15-16H,3-6,11-12H2,1-2H3/t15-/m0/s1. The summed E-state index contributed by atoms with van der Waals surface area (Å²) in [5, 5.41) is 9.27. The first-order valence-corrected chi connectivity index (χ1v) is 9.22. The molecule has 0 unspecified atom stereocenters. The van der Waals surface area contributed by atoms with Crippen LogP contribution in [0.3, 0.4) is 0 Å². The predicted molar refractivity (Wildman–Crippen MR) is 98.2 cm³/mol. The van der Waals surface area contributed by atoms with Gasteiger partial charge >= 0.3 is 0 Å². The Labute approximate surface area is 153 Å². The summed E-state index contributed by atoms with van der Waals surface area (Å²) >= 11 is 0. The second-order valence-corrected chi connectivity index (χ2v) is 7.40. The molecule has 2 aromatic heterocycles. The van der Waals surface area contributed by atoms with Crippen molar-refractivity contribution in [3.05, 3.63) is 41.0 Å². The first-order valence-electron chi connectivity index (χ1n) is 9.22. The van der Waals surface area contributed by atoms with Crippen molar-refractivity contribution in [2.75, 3.05) is 24.6 Å². The number of anilines is 1. The highest BCUT2D eigenvalue weighted by molar-refractivity contribution is 5.48. The Morgan fingerprint density at radius 1 is 1.23 bits per heavy atom. The van der Waals surface area contributed by atoms with E-state index in [1.54, 1.807) is 6.20 Å². The van der Waals surface area contributed by atoms with E-state index in [2.05, 4.69) is 45.8 Å². The van der Waals surface area contributed by atoms with Crippen molar-refractivity contribution in [2.24, 2.45) is 5.92 Å². The fourth-order valence-electron chi connectivity index (χ4n) is 3.50. The van der Waals surface area contributed by atoms with Gasteiger partial charge in [-0.05, 0) is 44.2 Å². The number of rotatable bonds is 5. The number of ether oxygens (including phenoxy) is 1. The zero-order valence-corrected chi connectivity index (χ0v) is 15.3. The van der Waals surface area contributed by atoms with Gasteiger partial charge in [-0.2, -0.15) is 10.2 Å². The van der Waals surface area contributed by atoms with Crippen molar-refractivity contribution < 1.29 is 4.74 Å². The number of hydrogen-bond acceptors (Lipinski definition) is 6. The summed E-state index contributed by atoms with van der Waals surface area (Å²) in [7, 11) is 0. The van der Waals surface area contributed by atoms with Crippen molar-refractivity contribution in [3.63, 3.8) is 0 Å². The fraction of sp³-hybridized carbons (Fsp3) is 0.500. The van der Waals surface area contributed by atoms with Crippen LogP contribution >= 0.6 is 0 Å². The van der Waals surface area contributed by atoms with Gasteiger partial charge in [0, 0.05) is 31.1 Å². The van der Waals surface area contributed by atoms with Gasteiger partial charge in [0.1, 0.15) is 23.3 Å². The molecular weight excluding hydrogens is 326 g/mol. The quantitative estimate of drug-likeness (QED) is 0.825. The first-order chi connectivity index (χ1) is 12.6. The molecule has 4 rings (SSSR count). The highest BCUT2D eigenvalue weighted by Gasteiger charge is 2.29. The molecular formula is C20H23N5O. The zero-order chi connectivity index (χ0) is 18.1. The number of hydrogen-bond donors (Lipinski definition) is 0. The van der Waals surface area contributed by atoms with Crippen molar-refractivity contribution in [3.8, 4) is 11.9 Å². The Morgan fingerprint density at radius 2 is 2.08 bits per heavy atom. The molecule has 0 radical (unpaired) electrons. The second-order valence-electron chi connectivity index (χ2n) is 7.40. The Kier molecular flexibility index (Phi) is 4.46. The lowest BCUT2D eigenvalue weighted by molar-refractivity contribution is 0.250. The van der Waals surface area contributed by atoms with Crippen LogP contribution in [0.5, 0.6) is 5.88 Å². The molecule has 6 heteroatoms. The third-order valence-corrected chi connectivity index (χ3v) is 5.06. The number of aryl methyl sites for hydroxylation is 2. The Bertz CT molecular complexity index is 856. The third-order valence-electron chi connectivity index (χ3n) is 5.06. The summed E-state index contributed by atoms with van der Waals surface area (Å²) < 4.78 is 5.94. The first kappa shape index (κ1) is 16.8. The monoisotopic (exact) mass is 349 g/mol. The van der Waals surface area contributed by atoms with Gasteiger partial charge in [0.15, 0.2) is 0 Å². The lowest BCUT2D eigenvalue weighted by Crippen LogP contribution is -2.23. The SMILES string of the molecule is Cc1cnc(N2CC[C@H](COc3nc(C4CC4)ncc3C#N)C2)c(C)c1. The number of pyridine rings is 1. The largest absolute Gasteiger partial charge is 0.476 e. The molecule has 6 nitrogen and oxygen atoms in total. The number of aromatic nitrogens is 3. The molecule has 2 aliphatic rings. The molecule has 0 N–H and O–H groups in total. The maximum atomic E-state index is 9.27. The summed E-state index contributed by atoms with van der Waals surface area (Å²) in [6, 6.07) is 4.31. The Balaban J connectivity index is 1.40. The van der Waals surface area contributed by atoms with E-state index in [1.165, 1.54) is 11.1 Å². The lowest BCUT2D eigenvalue weighted by atomic mass is 10.1. The number of nitriles is 1. The third kappa shape index (κ3) is 3.48. The smallest absolute Gasteiger partial charge is 0.235 e. The van der Waals surface area contributed by atoms with Crippen LogP contribution in [0.2, 0.25) is 0 Å². The van der Waals surface area contributed by atoms with E-state index in [-0.39, 0.29) is 0 Å². The van der Waals surface area contributed by atoms with Gasteiger partial charge in [-0.1, -0.05) is 6.07 Å². The summed E-state index contributed by atoms with van der Waals surface area (Å²) in [6.07, 6.45) is 6.83. The van der Waals surface area contributed by atoms with Gasteiger partial charge in [0.25, 0.3) is 0 Å². The summed E-state index contributed by atoms with van der Waals surface area (Å²) in [5.41, 5.74) is 2.81. The summed E-state index contributed by atoms with van der Waals surface area (Å²) in [6.45, 7) is 6.64. The van der Waals surface area contributed by atoms with Crippen LogP contribution in [-0.2, 0) is 0 Å². The Hall–Kier alpha value is -2.68. The normalized spacial score (nSPS) is 19.4. The molecule has 1 saturated carbocycles. The van der Waals surface area contributed by atoms with E-state index in [1.807, 2.05) is 6.20 Å². The summed E-state index contributed by atoms with van der Waals surface area (Å²) in [5.74, 6) is 3.17. The average Bonchev–Trinajstić information content (AvgIpc) is 3.39. The van der Waals surface area contributed by atoms with Crippen molar-refractivity contribution in [1.29, 1.82) is 5.26 Å². The molecule has 0 bridgehead atoms. The topological polar surface area (TPSA) is 74.9 Å². The van der Waals surface area contributed by atoms with Crippen LogP contribution in [0.25, 0.3) is 0 Å². The minimum atomic E-state index is 0.406. The highest BCUT2D eigenvalue weighted by Crippen LogP contribution is 2.38. The molecule has 1 aliphatic carbocycles. The Morgan fingerprint density at radius 3 is 2.81 bits per heavy atom. The summed E-state index contributed by atoms with van der Waals surface area (Å²) in [4.78, 5) is 15.7. The highest BCUT2D eigenvalue weighted by atomic mass is 16.5. The van der Waals surface area contributed by atoms with Gasteiger partial charge in [0.05, 0.1) is 12.8 Å². The van der Waals surface area contributed by atoms with Gasteiger partial charge in [-0.3, -0.25) is 0 Å². The lowest BCUT2D eigenvalue weighted by Gasteiger charge is -2.20. The minimum absolute atomic E-state index is 0.406. The minimum Gasteiger partial charge on any atom is -0.476 e. The predicted octanol–water partition coefficient (Wildman–Crippen LogP) is 3.14. The molecule has 26 heavy (non-hydrogen) atoms. The van der Waals surface area contributed by atoms with Gasteiger partial charge in [-0.15, -0.1) is 0 Å². The molecule has 0 spiro atoms. The molecule has 1 atom stereocenters. The molecule has 0 aromatic carbocycles. The maximum Gasteiger partial charge on any atom is 0.235 e. The molecule has 134 valence electrons. The van der Waals surface area contributed by atoms with E-state index in [9.17, 15) is 5.26 Å². The van der Waals surface area contributed by atoms with Gasteiger partial charge in [0.2, 0.25) is 5.88 Å². The van der Waals surface area contributed by atoms with E-state index in [0.29, 0.717) is 29.9 Å². The van der Waals surface area contributed by atoms with Crippen molar-refractivity contribution >= 4 is 5.82 Å². The van der Waals surface area contributed by atoms with E-state index < -0.39 is 0 Å². The van der Waals surface area contributed by atoms with Gasteiger partial charge in [-0.25, -0.2) is 9.97 Å². The van der Waals surface area contributed by atoms with Crippen LogP contribution in [0.15, 0.2) is 18.5 Å². The molecule has 0 amide bonds. The maximum absolute atomic E-state index is 9.27. The fourth-order valence-corrected chi connectivity index (χ4v) is 3.50. The molecule has 1 saturated heterocycles. The number of nitrogens with zero attached hydrogens (tertiary/aromatic N) is 5. The van der Waals surface area contributed by atoms with E-state index >= 15 is 0 Å². The molecule has 2 fully saturated rings. The van der Waals surface area contributed by atoms with Crippen LogP contribution in [0, 0.1) is 31.1 Å². The van der Waals surface area contributed by atoms with E-state index in [0.717, 1.165) is 44.0 Å². The molecule has 1 aliphatic heterocycles. The molecule has 3 heterocycles. The van der Waals surface area contributed by atoms with Crippen molar-refractivity contribution in [1.82, 2.24) is 15.0 Å². The van der Waals surface area contributed by atoms with Gasteiger partial charge < -0.3 is 9.64 Å². The van der Waals surface area contributed by atoms with Crippen molar-refractivity contribution in [2.45, 2.75) is 39.0 Å². The molecule has 2 aromatic rings. The second kappa shape index (κ2) is 6.91. The van der Waals surface area contributed by atoms with E-state index in [4.69, 9.17) is 4.74 Å². The average molecular weight is 349 g/mol. The van der Waals surface area contributed by atoms with Crippen LogP contribution in [-0.4, -0.2) is 34.6 Å². The zero-order valence-electron chi connectivity index (χ0n) is 15.3.